The van der Waals surface area contributed by atoms with Crippen LogP contribution in [0.3, 0.4) is 0 Å². The summed E-state index contributed by atoms with van der Waals surface area (Å²) >= 11 is 0. The van der Waals surface area contributed by atoms with Crippen molar-refractivity contribution in [3.05, 3.63) is 35.9 Å². The van der Waals surface area contributed by atoms with E-state index in [-0.39, 0.29) is 5.91 Å². The molecule has 1 saturated heterocycles. The Hall–Kier alpha value is -2.49. The second-order valence-corrected chi connectivity index (χ2v) is 6.68. The number of hydrogen-bond acceptors (Lipinski definition) is 6. The number of imide groups is 1. The van der Waals surface area contributed by atoms with E-state index in [2.05, 4.69) is 15.5 Å². The van der Waals surface area contributed by atoms with Gasteiger partial charge in [-0.3, -0.25) is 24.7 Å². The van der Waals surface area contributed by atoms with Crippen LogP contribution in [0.1, 0.15) is 18.0 Å². The predicted octanol–water partition coefficient (Wildman–Crippen LogP) is -0.307. The molecule has 1 fully saturated rings. The molecule has 1 heterocycles. The molecule has 154 valence electrons. The van der Waals surface area contributed by atoms with Crippen LogP contribution in [0.2, 0.25) is 0 Å². The number of benzene rings is 1. The van der Waals surface area contributed by atoms with E-state index in [4.69, 9.17) is 10.5 Å². The van der Waals surface area contributed by atoms with Crippen LogP contribution in [-0.2, 0) is 14.3 Å². The molecule has 1 unspecified atom stereocenters. The number of carbonyl (C=O) groups is 3. The van der Waals surface area contributed by atoms with Crippen LogP contribution in [-0.4, -0.2) is 80.6 Å². The number of hydrogen-bond donors (Lipinski definition) is 3. The van der Waals surface area contributed by atoms with E-state index in [9.17, 15) is 14.4 Å². The summed E-state index contributed by atoms with van der Waals surface area (Å²) in [6.07, 6.45) is 0.781. The van der Waals surface area contributed by atoms with Gasteiger partial charge in [0.2, 0.25) is 11.8 Å². The molecule has 1 atom stereocenters. The van der Waals surface area contributed by atoms with Crippen molar-refractivity contribution < 1.29 is 19.1 Å². The van der Waals surface area contributed by atoms with Crippen LogP contribution < -0.4 is 16.4 Å². The molecule has 0 bridgehead atoms. The number of carbonyl (C=O) groups excluding carboxylic acids is 3. The first kappa shape index (κ1) is 21.8. The first-order valence-corrected chi connectivity index (χ1v) is 9.38. The highest BCUT2D eigenvalue weighted by atomic mass is 16.5. The van der Waals surface area contributed by atoms with E-state index in [0.29, 0.717) is 45.9 Å². The van der Waals surface area contributed by atoms with Crippen LogP contribution in [0.25, 0.3) is 0 Å². The molecule has 1 aliphatic heterocycles. The van der Waals surface area contributed by atoms with Crippen molar-refractivity contribution in [3.63, 3.8) is 0 Å². The molecule has 0 spiro atoms. The minimum Gasteiger partial charge on any atom is -0.385 e. The second-order valence-electron chi connectivity index (χ2n) is 6.68. The summed E-state index contributed by atoms with van der Waals surface area (Å²) in [5.41, 5.74) is 5.92. The molecule has 0 saturated carbocycles. The van der Waals surface area contributed by atoms with Gasteiger partial charge in [-0.2, -0.15) is 0 Å². The first-order chi connectivity index (χ1) is 13.5. The molecule has 1 aromatic carbocycles. The number of primary amides is 1. The largest absolute Gasteiger partial charge is 0.385 e. The monoisotopic (exact) mass is 391 g/mol. The van der Waals surface area contributed by atoms with Crippen molar-refractivity contribution in [2.75, 3.05) is 53.0 Å². The highest BCUT2D eigenvalue weighted by Crippen LogP contribution is 2.22. The van der Waals surface area contributed by atoms with Crippen LogP contribution in [0.4, 0.5) is 4.79 Å². The van der Waals surface area contributed by atoms with Gasteiger partial charge in [-0.1, -0.05) is 30.3 Å². The minimum atomic E-state index is -0.866. The van der Waals surface area contributed by atoms with Crippen molar-refractivity contribution in [3.8, 4) is 0 Å². The number of nitrogens with two attached hydrogens (primary N) is 1. The van der Waals surface area contributed by atoms with E-state index < -0.39 is 18.0 Å². The quantitative estimate of drug-likeness (QED) is 0.497. The predicted molar refractivity (Wildman–Crippen MR) is 104 cm³/mol. The zero-order valence-electron chi connectivity index (χ0n) is 16.2. The van der Waals surface area contributed by atoms with Gasteiger partial charge in [0.05, 0.1) is 6.54 Å². The fraction of sp³-hybridized carbons (Fsp3) is 0.526. The van der Waals surface area contributed by atoms with Crippen molar-refractivity contribution >= 4 is 17.8 Å². The zero-order valence-corrected chi connectivity index (χ0v) is 16.2. The Balaban J connectivity index is 1.90. The van der Waals surface area contributed by atoms with E-state index >= 15 is 0 Å². The van der Waals surface area contributed by atoms with E-state index in [1.54, 1.807) is 7.11 Å². The normalized spacial score (nSPS) is 16.3. The molecule has 1 aliphatic rings. The van der Waals surface area contributed by atoms with Crippen LogP contribution in [0, 0.1) is 0 Å². The van der Waals surface area contributed by atoms with Gasteiger partial charge in [0.1, 0.15) is 6.04 Å². The van der Waals surface area contributed by atoms with Gasteiger partial charge >= 0.3 is 6.03 Å². The number of amides is 4. The smallest absolute Gasteiger partial charge is 0.318 e. The van der Waals surface area contributed by atoms with Gasteiger partial charge in [-0.25, -0.2) is 4.79 Å². The van der Waals surface area contributed by atoms with Gasteiger partial charge in [0.25, 0.3) is 0 Å². The Bertz CT molecular complexity index is 647. The summed E-state index contributed by atoms with van der Waals surface area (Å²) in [6, 6.07) is 7.81. The number of methoxy groups -OCH3 is 1. The molecule has 0 aliphatic carbocycles. The van der Waals surface area contributed by atoms with Gasteiger partial charge in [0.15, 0.2) is 0 Å². The molecule has 0 radical (unpaired) electrons. The number of nitrogens with zero attached hydrogens (tertiary/aromatic N) is 2. The van der Waals surface area contributed by atoms with Gasteiger partial charge in [-0.15, -0.1) is 0 Å². The molecule has 4 N–H and O–H groups in total. The third kappa shape index (κ3) is 6.91. The lowest BCUT2D eigenvalue weighted by Gasteiger charge is -2.38. The molecule has 4 amide bonds. The standard InChI is InChI=1S/C19H29N5O4/c1-28-13-5-8-21-16(25)14-23-9-11-24(12-10-23)17(18(26)22-19(20)27)15-6-3-2-4-7-15/h2-4,6-7,17H,5,8-14H2,1H3,(H,21,25)(H3,20,22,26,27). The number of rotatable bonds is 9. The minimum absolute atomic E-state index is 0.0179. The molecule has 2 rings (SSSR count). The lowest BCUT2D eigenvalue weighted by molar-refractivity contribution is -0.127. The number of urea groups is 1. The topological polar surface area (TPSA) is 117 Å². The summed E-state index contributed by atoms with van der Waals surface area (Å²) in [5.74, 6) is -0.460. The van der Waals surface area contributed by atoms with Crippen LogP contribution >= 0.6 is 0 Å². The highest BCUT2D eigenvalue weighted by Gasteiger charge is 2.31. The molecular weight excluding hydrogens is 362 g/mol. The van der Waals surface area contributed by atoms with E-state index in [1.807, 2.05) is 35.2 Å². The average Bonchev–Trinajstić information content (AvgIpc) is 2.67. The summed E-state index contributed by atoms with van der Waals surface area (Å²) in [4.78, 5) is 39.8. The maximum absolute atomic E-state index is 12.5. The third-order valence-corrected chi connectivity index (χ3v) is 4.60. The lowest BCUT2D eigenvalue weighted by Crippen LogP contribution is -2.53. The molecule has 9 heteroatoms. The fourth-order valence-electron chi connectivity index (χ4n) is 3.24. The zero-order chi connectivity index (χ0) is 20.4. The summed E-state index contributed by atoms with van der Waals surface area (Å²) < 4.78 is 4.96. The Morgan fingerprint density at radius 3 is 2.43 bits per heavy atom. The molecule has 0 aromatic heterocycles. The Kier molecular flexibility index (Phi) is 8.86. The summed E-state index contributed by atoms with van der Waals surface area (Å²) in [7, 11) is 1.63. The molecule has 9 nitrogen and oxygen atoms in total. The summed E-state index contributed by atoms with van der Waals surface area (Å²) in [6.45, 7) is 4.04. The van der Waals surface area contributed by atoms with Gasteiger partial charge < -0.3 is 15.8 Å². The van der Waals surface area contributed by atoms with Crippen LogP contribution in [0.5, 0.6) is 0 Å². The van der Waals surface area contributed by atoms with Crippen molar-refractivity contribution in [1.29, 1.82) is 0 Å². The third-order valence-electron chi connectivity index (χ3n) is 4.60. The number of ether oxygens (including phenoxy) is 1. The Labute approximate surface area is 165 Å². The fourth-order valence-corrected chi connectivity index (χ4v) is 3.24. The lowest BCUT2D eigenvalue weighted by atomic mass is 10.0. The first-order valence-electron chi connectivity index (χ1n) is 9.38. The maximum atomic E-state index is 12.5. The number of piperazine rings is 1. The molecule has 28 heavy (non-hydrogen) atoms. The maximum Gasteiger partial charge on any atom is 0.318 e. The second kappa shape index (κ2) is 11.4. The molecule has 1 aromatic rings. The SMILES string of the molecule is COCCCNC(=O)CN1CCN(C(C(=O)NC(N)=O)c2ccccc2)CC1. The van der Waals surface area contributed by atoms with Crippen LogP contribution in [0.15, 0.2) is 30.3 Å². The van der Waals surface area contributed by atoms with E-state index in [1.165, 1.54) is 0 Å². The van der Waals surface area contributed by atoms with Gasteiger partial charge in [0, 0.05) is 46.4 Å². The highest BCUT2D eigenvalue weighted by molar-refractivity contribution is 5.96. The van der Waals surface area contributed by atoms with Crippen molar-refractivity contribution in [2.24, 2.45) is 5.73 Å². The van der Waals surface area contributed by atoms with E-state index in [0.717, 1.165) is 12.0 Å². The Morgan fingerprint density at radius 2 is 1.82 bits per heavy atom. The molecular formula is C19H29N5O4. The summed E-state index contributed by atoms with van der Waals surface area (Å²) in [5, 5.41) is 5.06. The average molecular weight is 391 g/mol. The Morgan fingerprint density at radius 1 is 1.14 bits per heavy atom. The van der Waals surface area contributed by atoms with Crippen molar-refractivity contribution in [1.82, 2.24) is 20.4 Å². The van der Waals surface area contributed by atoms with Crippen molar-refractivity contribution in [2.45, 2.75) is 12.5 Å². The van der Waals surface area contributed by atoms with Gasteiger partial charge in [-0.05, 0) is 12.0 Å². The number of nitrogens with one attached hydrogen (secondary N) is 2.